The van der Waals surface area contributed by atoms with Gasteiger partial charge in [-0.3, -0.25) is 4.79 Å². The lowest BCUT2D eigenvalue weighted by Gasteiger charge is -2.28. The van der Waals surface area contributed by atoms with Crippen LogP contribution in [-0.2, 0) is 11.3 Å². The van der Waals surface area contributed by atoms with Gasteiger partial charge in [0.05, 0.1) is 37.6 Å². The van der Waals surface area contributed by atoms with Crippen molar-refractivity contribution in [2.24, 2.45) is 0 Å². The van der Waals surface area contributed by atoms with Crippen LogP contribution in [0.5, 0.6) is 0 Å². The van der Waals surface area contributed by atoms with Crippen molar-refractivity contribution in [1.29, 1.82) is 0 Å². The third-order valence-electron chi connectivity index (χ3n) is 4.46. The molecule has 3 aromatic heterocycles. The number of morpholine rings is 1. The van der Waals surface area contributed by atoms with Crippen molar-refractivity contribution in [3.63, 3.8) is 0 Å². The first-order valence-corrected chi connectivity index (χ1v) is 10.5. The number of hydrogen-bond donors (Lipinski definition) is 1. The summed E-state index contributed by atoms with van der Waals surface area (Å²) in [6.07, 6.45) is 3.28. The van der Waals surface area contributed by atoms with Crippen molar-refractivity contribution in [2.45, 2.75) is 30.8 Å². The summed E-state index contributed by atoms with van der Waals surface area (Å²) in [7, 11) is 0. The van der Waals surface area contributed by atoms with Gasteiger partial charge < -0.3 is 19.4 Å². The number of carbonyl (C=O) groups is 1. The topological polar surface area (TPSA) is 98.3 Å². The molecular formula is C19H24N6O3S. The molecule has 1 fully saturated rings. The monoisotopic (exact) mass is 416 g/mol. The van der Waals surface area contributed by atoms with Gasteiger partial charge in [0.25, 0.3) is 5.91 Å². The molecule has 4 rings (SSSR count). The normalized spacial score (nSPS) is 14.7. The summed E-state index contributed by atoms with van der Waals surface area (Å²) in [6, 6.07) is 3.32. The molecule has 0 unspecified atom stereocenters. The first-order valence-electron chi connectivity index (χ1n) is 9.66. The molecule has 3 aromatic rings. The molecule has 0 bridgehead atoms. The Morgan fingerprint density at radius 2 is 2.14 bits per heavy atom. The first kappa shape index (κ1) is 19.7. The number of hydrogen-bond acceptors (Lipinski definition) is 8. The highest BCUT2D eigenvalue weighted by molar-refractivity contribution is 7.99. The predicted octanol–water partition coefficient (Wildman–Crippen LogP) is 2.19. The molecule has 0 atom stereocenters. The van der Waals surface area contributed by atoms with Crippen molar-refractivity contribution in [3.05, 3.63) is 30.4 Å². The number of rotatable bonds is 7. The Morgan fingerprint density at radius 1 is 1.31 bits per heavy atom. The minimum absolute atomic E-state index is 0.244. The Kier molecular flexibility index (Phi) is 6.00. The zero-order chi connectivity index (χ0) is 20.2. The van der Waals surface area contributed by atoms with Crippen LogP contribution in [0.1, 0.15) is 24.4 Å². The molecule has 0 radical (unpaired) electrons. The van der Waals surface area contributed by atoms with Crippen LogP contribution < -0.4 is 10.2 Å². The van der Waals surface area contributed by atoms with Gasteiger partial charge in [0, 0.05) is 24.9 Å². The fourth-order valence-corrected chi connectivity index (χ4v) is 3.83. The van der Waals surface area contributed by atoms with E-state index in [9.17, 15) is 4.79 Å². The van der Waals surface area contributed by atoms with Crippen molar-refractivity contribution in [3.8, 4) is 0 Å². The Hall–Kier alpha value is -2.59. The number of thioether (sulfide) groups is 1. The second-order valence-corrected chi connectivity index (χ2v) is 8.48. The summed E-state index contributed by atoms with van der Waals surface area (Å²) in [5.41, 5.74) is 0.775. The Balaban J connectivity index is 1.56. The predicted molar refractivity (Wildman–Crippen MR) is 110 cm³/mol. The lowest BCUT2D eigenvalue weighted by molar-refractivity contribution is 0.0924. The zero-order valence-corrected chi connectivity index (χ0v) is 17.3. The minimum Gasteiger partial charge on any atom is -0.459 e. The van der Waals surface area contributed by atoms with E-state index in [0.717, 1.165) is 35.1 Å². The molecule has 9 nitrogen and oxygen atoms in total. The lowest BCUT2D eigenvalue weighted by Crippen LogP contribution is -2.37. The summed E-state index contributed by atoms with van der Waals surface area (Å²) < 4.78 is 12.4. The van der Waals surface area contributed by atoms with Crippen molar-refractivity contribution in [2.75, 3.05) is 37.7 Å². The molecular weight excluding hydrogens is 392 g/mol. The van der Waals surface area contributed by atoms with Crippen LogP contribution in [0, 0.1) is 0 Å². The Morgan fingerprint density at radius 3 is 2.86 bits per heavy atom. The van der Waals surface area contributed by atoms with E-state index in [-0.39, 0.29) is 5.91 Å². The SMILES string of the molecule is CC(C)Sc1nc(N2CCOCC2)c2cnn(CCNC(=O)c3ccco3)c2n1. The molecule has 1 aliphatic rings. The number of ether oxygens (including phenoxy) is 1. The summed E-state index contributed by atoms with van der Waals surface area (Å²) >= 11 is 1.63. The van der Waals surface area contributed by atoms with E-state index in [1.807, 2.05) is 4.68 Å². The van der Waals surface area contributed by atoms with Crippen LogP contribution in [0.3, 0.4) is 0 Å². The molecule has 0 spiro atoms. The first-order chi connectivity index (χ1) is 14.1. The molecule has 0 aromatic carbocycles. The number of anilines is 1. The molecule has 1 saturated heterocycles. The number of nitrogens with one attached hydrogen (secondary N) is 1. The highest BCUT2D eigenvalue weighted by Gasteiger charge is 2.20. The van der Waals surface area contributed by atoms with E-state index in [1.165, 1.54) is 6.26 Å². The van der Waals surface area contributed by atoms with Crippen LogP contribution in [0.25, 0.3) is 11.0 Å². The van der Waals surface area contributed by atoms with Gasteiger partial charge in [0.2, 0.25) is 0 Å². The fraction of sp³-hybridized carbons (Fsp3) is 0.474. The van der Waals surface area contributed by atoms with E-state index in [4.69, 9.17) is 19.1 Å². The maximum absolute atomic E-state index is 12.1. The molecule has 29 heavy (non-hydrogen) atoms. The molecule has 10 heteroatoms. The summed E-state index contributed by atoms with van der Waals surface area (Å²) in [6.45, 7) is 8.12. The molecule has 1 amide bonds. The third kappa shape index (κ3) is 4.54. The van der Waals surface area contributed by atoms with Crippen LogP contribution in [0.4, 0.5) is 5.82 Å². The molecule has 1 aliphatic heterocycles. The maximum Gasteiger partial charge on any atom is 0.287 e. The second-order valence-electron chi connectivity index (χ2n) is 6.93. The highest BCUT2D eigenvalue weighted by Crippen LogP contribution is 2.29. The zero-order valence-electron chi connectivity index (χ0n) is 16.5. The van der Waals surface area contributed by atoms with Crippen molar-refractivity contribution >= 4 is 34.5 Å². The van der Waals surface area contributed by atoms with Crippen LogP contribution >= 0.6 is 11.8 Å². The average Bonchev–Trinajstić information content (AvgIpc) is 3.38. The molecule has 0 saturated carbocycles. The van der Waals surface area contributed by atoms with Gasteiger partial charge in [-0.05, 0) is 12.1 Å². The number of fused-ring (bicyclic) bond motifs is 1. The van der Waals surface area contributed by atoms with Gasteiger partial charge in [-0.25, -0.2) is 14.6 Å². The van der Waals surface area contributed by atoms with Gasteiger partial charge in [0.1, 0.15) is 5.82 Å². The van der Waals surface area contributed by atoms with E-state index < -0.39 is 0 Å². The number of furan rings is 1. The fourth-order valence-electron chi connectivity index (χ4n) is 3.13. The Bertz CT molecular complexity index is 966. The molecule has 0 aliphatic carbocycles. The van der Waals surface area contributed by atoms with Gasteiger partial charge in [-0.1, -0.05) is 25.6 Å². The summed E-state index contributed by atoms with van der Waals surface area (Å²) in [5, 5.41) is 9.36. The average molecular weight is 417 g/mol. The number of aromatic nitrogens is 4. The van der Waals surface area contributed by atoms with E-state index in [2.05, 4.69) is 29.2 Å². The maximum atomic E-state index is 12.1. The number of carbonyl (C=O) groups excluding carboxylic acids is 1. The third-order valence-corrected chi connectivity index (χ3v) is 5.33. The van der Waals surface area contributed by atoms with Crippen molar-refractivity contribution in [1.82, 2.24) is 25.1 Å². The van der Waals surface area contributed by atoms with Crippen LogP contribution in [0.15, 0.2) is 34.2 Å². The van der Waals surface area contributed by atoms with Crippen LogP contribution in [-0.4, -0.2) is 63.8 Å². The van der Waals surface area contributed by atoms with E-state index in [1.54, 1.807) is 30.1 Å². The quantitative estimate of drug-likeness (QED) is 0.462. The molecule has 4 heterocycles. The second kappa shape index (κ2) is 8.83. The summed E-state index contributed by atoms with van der Waals surface area (Å²) in [4.78, 5) is 23.8. The number of amides is 1. The summed E-state index contributed by atoms with van der Waals surface area (Å²) in [5.74, 6) is 0.946. The van der Waals surface area contributed by atoms with Gasteiger partial charge in [-0.15, -0.1) is 0 Å². The smallest absolute Gasteiger partial charge is 0.287 e. The molecule has 154 valence electrons. The van der Waals surface area contributed by atoms with Crippen LogP contribution in [0.2, 0.25) is 0 Å². The molecule has 1 N–H and O–H groups in total. The van der Waals surface area contributed by atoms with Crippen molar-refractivity contribution < 1.29 is 13.9 Å². The van der Waals surface area contributed by atoms with Gasteiger partial charge >= 0.3 is 0 Å². The standard InChI is InChI=1S/C19H24N6O3S/c1-13(2)29-19-22-16(24-7-10-27-11-8-24)14-12-21-25(17(14)23-19)6-5-20-18(26)15-4-3-9-28-15/h3-4,9,12-13H,5-8,10-11H2,1-2H3,(H,20,26). The highest BCUT2D eigenvalue weighted by atomic mass is 32.2. The minimum atomic E-state index is -0.244. The number of nitrogens with zero attached hydrogens (tertiary/aromatic N) is 5. The van der Waals surface area contributed by atoms with E-state index in [0.29, 0.717) is 37.3 Å². The largest absolute Gasteiger partial charge is 0.459 e. The van der Waals surface area contributed by atoms with Gasteiger partial charge in [-0.2, -0.15) is 5.10 Å². The Labute approximate surface area is 172 Å². The lowest BCUT2D eigenvalue weighted by atomic mass is 10.3. The van der Waals surface area contributed by atoms with Gasteiger partial charge in [0.15, 0.2) is 16.6 Å². The van der Waals surface area contributed by atoms with E-state index >= 15 is 0 Å².